The maximum atomic E-state index is 12.5. The number of hydrogen-bond acceptors (Lipinski definition) is 15. The standard InChI is InChI=1S/C35H26N8O10S2.3Na/c36-26-17-25(44)13-14-27(26)41-38-22-7-1-18(2-8-22)19-3-9-23(10-4-19)39-42-32-28(54(48,49)50)15-21-16-29(55(51,52)53)33(34(45)30(21)31(32)37)43-40-24-11-5-20(6-12-24)35(46)47;;;/h1-17,44-45H,36-37H2,(H,46,47)(H,48,49,50)(H,51,52,53);;;. The van der Waals surface area contributed by atoms with Crippen molar-refractivity contribution in [2.45, 2.75) is 9.79 Å². The number of benzene rings is 6. The van der Waals surface area contributed by atoms with Crippen LogP contribution in [0.1, 0.15) is 10.4 Å². The van der Waals surface area contributed by atoms with Gasteiger partial charge >= 0.3 is 5.97 Å². The van der Waals surface area contributed by atoms with Crippen molar-refractivity contribution >= 4 is 171 Å². The smallest absolute Gasteiger partial charge is 0.335 e. The average molecular weight is 852 g/mol. The van der Waals surface area contributed by atoms with E-state index in [1.165, 1.54) is 42.5 Å². The Labute approximate surface area is 396 Å². The number of fused-ring (bicyclic) bond motifs is 1. The van der Waals surface area contributed by atoms with E-state index in [4.69, 9.17) is 16.6 Å². The third-order valence-corrected chi connectivity index (χ3v) is 9.60. The van der Waals surface area contributed by atoms with Crippen LogP contribution in [0.4, 0.5) is 45.5 Å². The Morgan fingerprint density at radius 2 is 0.983 bits per heavy atom. The number of nitrogens with zero attached hydrogens (tertiary/aromatic N) is 6. The molecule has 0 aliphatic carbocycles. The molecule has 0 unspecified atom stereocenters. The molecule has 0 bridgehead atoms. The van der Waals surface area contributed by atoms with Crippen LogP contribution in [0.15, 0.2) is 144 Å². The number of anilines is 2. The van der Waals surface area contributed by atoms with Crippen LogP contribution < -0.4 is 11.5 Å². The summed E-state index contributed by atoms with van der Waals surface area (Å²) in [7, 11) is -10.2. The molecule has 0 amide bonds. The van der Waals surface area contributed by atoms with Crippen LogP contribution in [0.2, 0.25) is 0 Å². The van der Waals surface area contributed by atoms with Crippen molar-refractivity contribution < 1.29 is 46.1 Å². The summed E-state index contributed by atoms with van der Waals surface area (Å²) in [5.74, 6) is -2.15. The fraction of sp³-hybridized carbons (Fsp3) is 0. The van der Waals surface area contributed by atoms with Crippen LogP contribution >= 0.6 is 0 Å². The van der Waals surface area contributed by atoms with Gasteiger partial charge in [-0.1, -0.05) is 24.3 Å². The third-order valence-electron chi connectivity index (χ3n) is 7.87. The molecule has 0 fully saturated rings. The molecule has 6 aromatic carbocycles. The molecule has 6 aromatic rings. The second kappa shape index (κ2) is 19.7. The van der Waals surface area contributed by atoms with Crippen molar-refractivity contribution in [1.82, 2.24) is 0 Å². The largest absolute Gasteiger partial charge is 0.508 e. The van der Waals surface area contributed by atoms with Gasteiger partial charge in [0.2, 0.25) is 0 Å². The Kier molecular flexibility index (Phi) is 16.4. The zero-order valence-electron chi connectivity index (χ0n) is 30.7. The summed E-state index contributed by atoms with van der Waals surface area (Å²) in [5, 5.41) is 53.0. The second-order valence-corrected chi connectivity index (χ2v) is 14.3. The van der Waals surface area contributed by atoms with E-state index in [1.807, 2.05) is 0 Å². The minimum absolute atomic E-state index is 0. The van der Waals surface area contributed by atoms with Gasteiger partial charge in [0, 0.05) is 94.7 Å². The summed E-state index contributed by atoms with van der Waals surface area (Å²) < 4.78 is 69.5. The van der Waals surface area contributed by atoms with E-state index < -0.39 is 58.8 Å². The summed E-state index contributed by atoms with van der Waals surface area (Å²) in [5.41, 5.74) is 13.1. The van der Waals surface area contributed by atoms with Gasteiger partial charge in [0.05, 0.1) is 39.4 Å². The molecule has 0 saturated heterocycles. The van der Waals surface area contributed by atoms with Crippen molar-refractivity contribution in [3.05, 3.63) is 109 Å². The van der Waals surface area contributed by atoms with E-state index in [9.17, 15) is 40.9 Å². The zero-order valence-corrected chi connectivity index (χ0v) is 38.4. The monoisotopic (exact) mass is 851 g/mol. The number of carbonyl (C=O) groups is 1. The number of carboxylic acid groups (broad SMARTS) is 1. The van der Waals surface area contributed by atoms with Crippen LogP contribution in [0, 0.1) is 0 Å². The van der Waals surface area contributed by atoms with Crippen LogP contribution in [0.25, 0.3) is 21.9 Å². The van der Waals surface area contributed by atoms with Gasteiger partial charge < -0.3 is 26.8 Å². The molecule has 0 aliphatic rings. The Morgan fingerprint density at radius 1 is 0.552 bits per heavy atom. The Hall–Kier alpha value is -4.13. The van der Waals surface area contributed by atoms with Crippen molar-refractivity contribution in [2.24, 2.45) is 30.7 Å². The minimum Gasteiger partial charge on any atom is -0.508 e. The van der Waals surface area contributed by atoms with Gasteiger partial charge in [0.1, 0.15) is 32.6 Å². The molecule has 6 rings (SSSR count). The van der Waals surface area contributed by atoms with Crippen molar-refractivity contribution in [2.75, 3.05) is 11.5 Å². The first-order valence-electron chi connectivity index (χ1n) is 15.4. The van der Waals surface area contributed by atoms with E-state index in [0.717, 1.165) is 23.3 Å². The molecular weight excluding hydrogens is 826 g/mol. The van der Waals surface area contributed by atoms with Crippen molar-refractivity contribution in [1.29, 1.82) is 0 Å². The van der Waals surface area contributed by atoms with E-state index in [-0.39, 0.29) is 128 Å². The normalized spacial score (nSPS) is 11.7. The van der Waals surface area contributed by atoms with E-state index in [0.29, 0.717) is 11.4 Å². The SMILES string of the molecule is Nc1cc(O)ccc1N=Nc1ccc(-c2ccc(N=Nc3c(S(=O)(=O)O)cc4cc(S(=O)(=O)O)c(N=Nc5ccc(C(=O)O)cc5)c(O)c4c3N)cc2)cc1.[Na].[Na].[Na]. The second-order valence-electron chi connectivity index (χ2n) is 11.5. The fourth-order valence-electron chi connectivity index (χ4n) is 5.18. The molecule has 18 nitrogen and oxygen atoms in total. The first-order chi connectivity index (χ1) is 26.0. The molecule has 0 heterocycles. The first kappa shape index (κ1) is 48.2. The zero-order chi connectivity index (χ0) is 39.7. The molecule has 3 radical (unpaired) electrons. The van der Waals surface area contributed by atoms with Crippen molar-refractivity contribution in [3.63, 3.8) is 0 Å². The number of nitrogen functional groups attached to an aromatic ring is 2. The molecule has 0 aromatic heterocycles. The van der Waals surface area contributed by atoms with Crippen molar-refractivity contribution in [3.8, 4) is 22.6 Å². The molecule has 0 atom stereocenters. The fourth-order valence-corrected chi connectivity index (χ4v) is 6.50. The van der Waals surface area contributed by atoms with Crippen LogP contribution in [-0.2, 0) is 20.2 Å². The van der Waals surface area contributed by atoms with Gasteiger partial charge in [-0.25, -0.2) is 4.79 Å². The Bertz CT molecular complexity index is 2830. The number of hydrogen-bond donors (Lipinski definition) is 7. The molecule has 281 valence electrons. The summed E-state index contributed by atoms with van der Waals surface area (Å²) in [4.78, 5) is 9.27. The quantitative estimate of drug-likeness (QED) is 0.0307. The van der Waals surface area contributed by atoms with Crippen LogP contribution in [0.5, 0.6) is 11.5 Å². The summed E-state index contributed by atoms with van der Waals surface area (Å²) in [6.45, 7) is 0. The number of phenols is 2. The molecule has 23 heteroatoms. The van der Waals surface area contributed by atoms with E-state index >= 15 is 0 Å². The number of aromatic carboxylic acids is 1. The molecule has 58 heavy (non-hydrogen) atoms. The number of azo groups is 3. The molecule has 0 spiro atoms. The Balaban J connectivity index is 0.00000300. The van der Waals surface area contributed by atoms with Gasteiger partial charge in [0.15, 0.2) is 5.75 Å². The molecular formula is C35H26N8Na3O10S2. The van der Waals surface area contributed by atoms with Gasteiger partial charge in [-0.2, -0.15) is 32.2 Å². The van der Waals surface area contributed by atoms with Gasteiger partial charge in [0.25, 0.3) is 20.2 Å². The predicted octanol–water partition coefficient (Wildman–Crippen LogP) is 7.38. The van der Waals surface area contributed by atoms with Gasteiger partial charge in [-0.05, 0) is 89.3 Å². The first-order valence-corrected chi connectivity index (χ1v) is 18.3. The number of phenolic OH excluding ortho intramolecular Hbond substituents is 2. The number of carboxylic acids is 1. The number of nitrogens with two attached hydrogens (primary N) is 2. The third kappa shape index (κ3) is 11.1. The number of aromatic hydroxyl groups is 2. The van der Waals surface area contributed by atoms with E-state index in [2.05, 4.69) is 30.7 Å². The summed E-state index contributed by atoms with van der Waals surface area (Å²) in [6.07, 6.45) is 0. The van der Waals surface area contributed by atoms with Crippen LogP contribution in [-0.4, -0.2) is 136 Å². The number of rotatable bonds is 10. The Morgan fingerprint density at radius 3 is 1.43 bits per heavy atom. The average Bonchev–Trinajstić information content (AvgIpc) is 3.13. The molecule has 0 aliphatic heterocycles. The van der Waals surface area contributed by atoms with Crippen LogP contribution in [0.3, 0.4) is 0 Å². The van der Waals surface area contributed by atoms with E-state index in [1.54, 1.807) is 48.5 Å². The summed E-state index contributed by atoms with van der Waals surface area (Å²) >= 11 is 0. The molecule has 9 N–H and O–H groups in total. The maximum absolute atomic E-state index is 12.5. The van der Waals surface area contributed by atoms with Gasteiger partial charge in [-0.15, -0.1) is 15.3 Å². The topological polar surface area (TPSA) is 313 Å². The summed E-state index contributed by atoms with van der Waals surface area (Å²) in [6, 6.07) is 24.3. The molecule has 0 saturated carbocycles. The minimum atomic E-state index is -5.14. The predicted molar refractivity (Wildman–Crippen MR) is 217 cm³/mol. The van der Waals surface area contributed by atoms with Gasteiger partial charge in [-0.3, -0.25) is 9.11 Å². The maximum Gasteiger partial charge on any atom is 0.335 e.